The Morgan fingerprint density at radius 1 is 1.34 bits per heavy atom. The van der Waals surface area contributed by atoms with E-state index in [2.05, 4.69) is 20.4 Å². The molecule has 3 amide bonds. The topological polar surface area (TPSA) is 181 Å². The molecule has 0 bridgehead atoms. The summed E-state index contributed by atoms with van der Waals surface area (Å²) in [5.41, 5.74) is 8.96. The van der Waals surface area contributed by atoms with E-state index in [-0.39, 0.29) is 19.4 Å². The maximum absolute atomic E-state index is 13.4. The lowest BCUT2D eigenvalue weighted by Gasteiger charge is -2.45. The maximum atomic E-state index is 13.4. The molecule has 0 aromatic heterocycles. The number of nitrogens with one attached hydrogen (secondary N) is 2. The Morgan fingerprint density at radius 3 is 2.63 bits per heavy atom. The molecule has 208 valence electrons. The standard InChI is InChI=1S/C23H33N6O8P/c1-14-23(2,3)21(31)25-22(32)29(14)19-12-16(26-28-24)18(37-19)13-36-38(33,35-5)27-17(20(30)34-4)11-15-9-7-6-8-10-15/h6-10,14,16-19H,11-13H2,1-5H3,(H,27,33)(H,25,31,32). The van der Waals surface area contributed by atoms with Crippen molar-refractivity contribution in [2.75, 3.05) is 20.8 Å². The molecule has 2 heterocycles. The van der Waals surface area contributed by atoms with E-state index in [0.29, 0.717) is 0 Å². The SMILES string of the molecule is COC(=O)C(Cc1ccccc1)NP(=O)(OC)OCC1OC(N2C(=O)NC(=O)C(C)(C)C2C)CC1N=[N+]=[N-]. The van der Waals surface area contributed by atoms with Gasteiger partial charge >= 0.3 is 19.7 Å². The molecule has 6 atom stereocenters. The van der Waals surface area contributed by atoms with Gasteiger partial charge < -0.3 is 14.0 Å². The summed E-state index contributed by atoms with van der Waals surface area (Å²) in [6, 6.07) is 6.09. The van der Waals surface area contributed by atoms with Gasteiger partial charge in [-0.05, 0) is 38.3 Å². The van der Waals surface area contributed by atoms with Crippen LogP contribution in [0.1, 0.15) is 32.8 Å². The van der Waals surface area contributed by atoms with Crippen molar-refractivity contribution in [3.8, 4) is 0 Å². The minimum Gasteiger partial charge on any atom is -0.468 e. The molecule has 1 aromatic rings. The summed E-state index contributed by atoms with van der Waals surface area (Å²) < 4.78 is 35.0. The summed E-state index contributed by atoms with van der Waals surface area (Å²) in [6.07, 6.45) is -1.45. The summed E-state index contributed by atoms with van der Waals surface area (Å²) in [5.74, 6) is -1.07. The zero-order valence-electron chi connectivity index (χ0n) is 21.9. The molecular formula is C23H33N6O8P. The van der Waals surface area contributed by atoms with Crippen LogP contribution in [-0.4, -0.2) is 74.1 Å². The highest BCUT2D eigenvalue weighted by Gasteiger charge is 2.51. The van der Waals surface area contributed by atoms with Crippen molar-refractivity contribution < 1.29 is 37.5 Å². The maximum Gasteiger partial charge on any atom is 0.406 e. The Balaban J connectivity index is 1.73. The predicted molar refractivity (Wildman–Crippen MR) is 134 cm³/mol. The largest absolute Gasteiger partial charge is 0.468 e. The van der Waals surface area contributed by atoms with Crippen LogP contribution in [0.5, 0.6) is 0 Å². The first kappa shape index (κ1) is 29.6. The lowest BCUT2D eigenvalue weighted by molar-refractivity contribution is -0.142. The van der Waals surface area contributed by atoms with E-state index < -0.39 is 61.5 Å². The molecule has 14 nitrogen and oxygen atoms in total. The van der Waals surface area contributed by atoms with Crippen molar-refractivity contribution >= 4 is 25.7 Å². The van der Waals surface area contributed by atoms with Gasteiger partial charge in [0, 0.05) is 24.5 Å². The van der Waals surface area contributed by atoms with Gasteiger partial charge in [-0.3, -0.25) is 24.3 Å². The molecule has 0 aliphatic carbocycles. The molecule has 3 rings (SSSR count). The molecule has 2 fully saturated rings. The number of benzene rings is 1. The van der Waals surface area contributed by atoms with Crippen LogP contribution in [0, 0.1) is 5.41 Å². The van der Waals surface area contributed by atoms with Crippen molar-refractivity contribution in [3.63, 3.8) is 0 Å². The van der Waals surface area contributed by atoms with E-state index in [4.69, 9.17) is 24.1 Å². The predicted octanol–water partition coefficient (Wildman–Crippen LogP) is 2.89. The van der Waals surface area contributed by atoms with E-state index in [1.807, 2.05) is 6.07 Å². The molecular weight excluding hydrogens is 519 g/mol. The van der Waals surface area contributed by atoms with Crippen LogP contribution in [-0.2, 0) is 39.1 Å². The Labute approximate surface area is 220 Å². The van der Waals surface area contributed by atoms with Crippen molar-refractivity contribution in [1.29, 1.82) is 0 Å². The summed E-state index contributed by atoms with van der Waals surface area (Å²) in [6.45, 7) is 4.81. The molecule has 6 unspecified atom stereocenters. The van der Waals surface area contributed by atoms with E-state index in [9.17, 15) is 18.9 Å². The summed E-state index contributed by atoms with van der Waals surface area (Å²) in [4.78, 5) is 41.6. The van der Waals surface area contributed by atoms with E-state index >= 15 is 0 Å². The number of rotatable bonds is 11. The van der Waals surface area contributed by atoms with E-state index in [1.54, 1.807) is 45.0 Å². The molecule has 2 aliphatic rings. The van der Waals surface area contributed by atoms with Crippen molar-refractivity contribution in [2.24, 2.45) is 10.5 Å². The van der Waals surface area contributed by atoms with Crippen molar-refractivity contribution in [3.05, 3.63) is 46.3 Å². The third-order valence-electron chi connectivity index (χ3n) is 6.95. The van der Waals surface area contributed by atoms with Gasteiger partial charge in [0.2, 0.25) is 5.91 Å². The fourth-order valence-electron chi connectivity index (χ4n) is 4.32. The van der Waals surface area contributed by atoms with Gasteiger partial charge in [0.05, 0.1) is 31.3 Å². The number of carbonyl (C=O) groups excluding carboxylic acids is 3. The molecule has 2 aliphatic heterocycles. The monoisotopic (exact) mass is 552 g/mol. The lowest BCUT2D eigenvalue weighted by atomic mass is 9.81. The van der Waals surface area contributed by atoms with E-state index in [0.717, 1.165) is 12.7 Å². The van der Waals surface area contributed by atoms with Crippen LogP contribution in [0.2, 0.25) is 0 Å². The minimum absolute atomic E-state index is 0.129. The first-order chi connectivity index (χ1) is 18.0. The highest BCUT2D eigenvalue weighted by atomic mass is 31.2. The number of nitrogens with zero attached hydrogens (tertiary/aromatic N) is 4. The van der Waals surface area contributed by atoms with Gasteiger partial charge in [-0.25, -0.2) is 14.4 Å². The smallest absolute Gasteiger partial charge is 0.406 e. The number of ether oxygens (including phenoxy) is 2. The Bertz CT molecular complexity index is 1130. The first-order valence-corrected chi connectivity index (χ1v) is 13.5. The third kappa shape index (κ3) is 6.52. The highest BCUT2D eigenvalue weighted by Crippen LogP contribution is 2.45. The normalized spacial score (nSPS) is 27.1. The number of methoxy groups -OCH3 is 1. The Morgan fingerprint density at radius 2 is 2.03 bits per heavy atom. The van der Waals surface area contributed by atoms with E-state index in [1.165, 1.54) is 12.0 Å². The van der Waals surface area contributed by atoms with Gasteiger partial charge in [0.1, 0.15) is 12.3 Å². The van der Waals surface area contributed by atoms with Gasteiger partial charge in [-0.1, -0.05) is 35.4 Å². The third-order valence-corrected chi connectivity index (χ3v) is 8.55. The second-order valence-electron chi connectivity index (χ2n) is 9.57. The van der Waals surface area contributed by atoms with Crippen LogP contribution < -0.4 is 10.4 Å². The number of hydrogen-bond donors (Lipinski definition) is 2. The van der Waals surface area contributed by atoms with Crippen LogP contribution in [0.3, 0.4) is 0 Å². The fourth-order valence-corrected chi connectivity index (χ4v) is 5.53. The summed E-state index contributed by atoms with van der Waals surface area (Å²) >= 11 is 0. The number of azide groups is 1. The minimum atomic E-state index is -4.07. The number of imide groups is 1. The molecule has 38 heavy (non-hydrogen) atoms. The Kier molecular flexibility index (Phi) is 9.53. The zero-order chi connectivity index (χ0) is 28.1. The number of amides is 3. The Hall–Kier alpha value is -2.99. The number of hydrogen-bond acceptors (Lipinski definition) is 9. The van der Waals surface area contributed by atoms with Crippen LogP contribution >= 0.6 is 7.75 Å². The molecule has 2 saturated heterocycles. The molecule has 0 radical (unpaired) electrons. The number of esters is 1. The summed E-state index contributed by atoms with van der Waals surface area (Å²) in [7, 11) is -1.69. The second-order valence-corrected chi connectivity index (χ2v) is 11.4. The lowest BCUT2D eigenvalue weighted by Crippen LogP contribution is -2.65. The highest BCUT2D eigenvalue weighted by molar-refractivity contribution is 7.51. The quantitative estimate of drug-likeness (QED) is 0.137. The number of carbonyl (C=O) groups is 3. The average molecular weight is 553 g/mol. The zero-order valence-corrected chi connectivity index (χ0v) is 22.8. The molecule has 1 aromatic carbocycles. The van der Waals surface area contributed by atoms with Gasteiger partial charge in [-0.15, -0.1) is 0 Å². The van der Waals surface area contributed by atoms with Crippen molar-refractivity contribution in [1.82, 2.24) is 15.3 Å². The number of urea groups is 1. The van der Waals surface area contributed by atoms with Gasteiger partial charge in [-0.2, -0.15) is 0 Å². The van der Waals surface area contributed by atoms with Crippen LogP contribution in [0.15, 0.2) is 35.4 Å². The average Bonchev–Trinajstić information content (AvgIpc) is 3.28. The molecule has 15 heteroatoms. The summed E-state index contributed by atoms with van der Waals surface area (Å²) in [5, 5.41) is 8.71. The van der Waals surface area contributed by atoms with Crippen molar-refractivity contribution in [2.45, 2.75) is 64.1 Å². The van der Waals surface area contributed by atoms with Crippen LogP contribution in [0.25, 0.3) is 10.4 Å². The molecule has 0 saturated carbocycles. The first-order valence-electron chi connectivity index (χ1n) is 12.0. The van der Waals surface area contributed by atoms with Crippen LogP contribution in [0.4, 0.5) is 4.79 Å². The molecule has 2 N–H and O–H groups in total. The van der Waals surface area contributed by atoms with Gasteiger partial charge in [0.15, 0.2) is 0 Å². The van der Waals surface area contributed by atoms with Gasteiger partial charge in [0.25, 0.3) is 0 Å². The fraction of sp³-hybridized carbons (Fsp3) is 0.609. The second kappa shape index (κ2) is 12.2. The molecule has 0 spiro atoms.